The van der Waals surface area contributed by atoms with Crippen molar-refractivity contribution in [2.24, 2.45) is 0 Å². The zero-order chi connectivity index (χ0) is 14.7. The number of halogens is 1. The lowest BCUT2D eigenvalue weighted by molar-refractivity contribution is 0.665. The van der Waals surface area contributed by atoms with Gasteiger partial charge in [-0.2, -0.15) is 5.10 Å². The number of nitrogens with one attached hydrogen (secondary N) is 1. The third-order valence-corrected chi connectivity index (χ3v) is 3.84. The van der Waals surface area contributed by atoms with Gasteiger partial charge in [0.1, 0.15) is 0 Å². The summed E-state index contributed by atoms with van der Waals surface area (Å²) >= 11 is 2.28. The molecule has 108 valence electrons. The fourth-order valence-electron chi connectivity index (χ4n) is 2.32. The van der Waals surface area contributed by atoms with Gasteiger partial charge in [-0.1, -0.05) is 25.1 Å². The Morgan fingerprint density at radius 3 is 2.90 bits per heavy atom. The number of rotatable bonds is 5. The number of aromatic nitrogens is 3. The topological polar surface area (TPSA) is 42.7 Å². The lowest BCUT2D eigenvalue weighted by atomic mass is 10.1. The van der Waals surface area contributed by atoms with Gasteiger partial charge in [-0.3, -0.25) is 4.98 Å². The monoisotopic (exact) mass is 392 g/mol. The van der Waals surface area contributed by atoms with Crippen LogP contribution in [0.2, 0.25) is 0 Å². The lowest BCUT2D eigenvalue weighted by Crippen LogP contribution is -2.15. The molecule has 0 aliphatic rings. The summed E-state index contributed by atoms with van der Waals surface area (Å²) in [5.74, 6) is 0. The maximum atomic E-state index is 4.73. The van der Waals surface area contributed by atoms with E-state index in [9.17, 15) is 0 Å². The normalized spacial score (nSPS) is 11.1. The zero-order valence-electron chi connectivity index (χ0n) is 11.9. The molecule has 3 rings (SSSR count). The van der Waals surface area contributed by atoms with Crippen LogP contribution in [0.1, 0.15) is 19.0 Å². The summed E-state index contributed by atoms with van der Waals surface area (Å²) < 4.78 is 3.05. The second kappa shape index (κ2) is 6.53. The van der Waals surface area contributed by atoms with Gasteiger partial charge in [0.05, 0.1) is 26.7 Å². The summed E-state index contributed by atoms with van der Waals surface area (Å²) in [6.07, 6.45) is 5.02. The van der Waals surface area contributed by atoms with Crippen LogP contribution in [0.15, 0.2) is 42.7 Å². The van der Waals surface area contributed by atoms with Crippen LogP contribution in [-0.2, 0) is 6.54 Å². The summed E-state index contributed by atoms with van der Waals surface area (Å²) in [4.78, 5) is 4.73. The predicted molar refractivity (Wildman–Crippen MR) is 93.6 cm³/mol. The number of benzene rings is 1. The van der Waals surface area contributed by atoms with E-state index in [1.54, 1.807) is 0 Å². The Bertz CT molecular complexity index is 751. The van der Waals surface area contributed by atoms with E-state index in [4.69, 9.17) is 4.98 Å². The van der Waals surface area contributed by atoms with Crippen molar-refractivity contribution in [1.29, 1.82) is 0 Å². The third-order valence-electron chi connectivity index (χ3n) is 3.28. The Morgan fingerprint density at radius 1 is 1.29 bits per heavy atom. The first-order chi connectivity index (χ1) is 10.3. The minimum atomic E-state index is 0.782. The molecule has 0 unspecified atom stereocenters. The van der Waals surface area contributed by atoms with Crippen LogP contribution in [-0.4, -0.2) is 21.3 Å². The summed E-state index contributed by atoms with van der Waals surface area (Å²) in [6.45, 7) is 3.95. The molecule has 0 amide bonds. The minimum Gasteiger partial charge on any atom is -0.311 e. The molecule has 2 heterocycles. The van der Waals surface area contributed by atoms with Crippen LogP contribution in [0.4, 0.5) is 0 Å². The molecular formula is C16H17IN4. The maximum Gasteiger partial charge on any atom is 0.0758 e. The van der Waals surface area contributed by atoms with Gasteiger partial charge in [0.15, 0.2) is 0 Å². The summed E-state index contributed by atoms with van der Waals surface area (Å²) in [6, 6.07) is 10.3. The highest BCUT2D eigenvalue weighted by molar-refractivity contribution is 14.1. The number of pyridine rings is 1. The van der Waals surface area contributed by atoms with Crippen LogP contribution in [0.25, 0.3) is 16.6 Å². The Hall–Kier alpha value is -1.47. The molecule has 5 heteroatoms. The SMILES string of the molecule is CCCNCc1cc(-n2cc(I)cn2)c2ccccc2n1. The van der Waals surface area contributed by atoms with Crippen molar-refractivity contribution in [2.45, 2.75) is 19.9 Å². The molecule has 0 atom stereocenters. The smallest absolute Gasteiger partial charge is 0.0758 e. The highest BCUT2D eigenvalue weighted by atomic mass is 127. The first-order valence-electron chi connectivity index (χ1n) is 7.08. The molecule has 21 heavy (non-hydrogen) atoms. The Balaban J connectivity index is 2.07. The van der Waals surface area contributed by atoms with Gasteiger partial charge in [0.2, 0.25) is 0 Å². The summed E-state index contributed by atoms with van der Waals surface area (Å²) in [5.41, 5.74) is 3.13. The van der Waals surface area contributed by atoms with Crippen molar-refractivity contribution in [3.05, 3.63) is 52.0 Å². The molecule has 0 aliphatic carbocycles. The molecule has 1 aromatic carbocycles. The number of para-hydroxylation sites is 1. The maximum absolute atomic E-state index is 4.73. The summed E-state index contributed by atoms with van der Waals surface area (Å²) in [5, 5.41) is 8.96. The number of hydrogen-bond acceptors (Lipinski definition) is 3. The van der Waals surface area contributed by atoms with Crippen molar-refractivity contribution < 1.29 is 0 Å². The molecule has 0 fully saturated rings. The number of nitrogens with zero attached hydrogens (tertiary/aromatic N) is 3. The number of hydrogen-bond donors (Lipinski definition) is 1. The van der Waals surface area contributed by atoms with Gasteiger partial charge < -0.3 is 5.32 Å². The van der Waals surface area contributed by atoms with Gasteiger partial charge in [-0.15, -0.1) is 0 Å². The largest absolute Gasteiger partial charge is 0.311 e. The summed E-state index contributed by atoms with van der Waals surface area (Å²) in [7, 11) is 0. The molecule has 0 saturated carbocycles. The third kappa shape index (κ3) is 3.24. The Morgan fingerprint density at radius 2 is 2.14 bits per heavy atom. The lowest BCUT2D eigenvalue weighted by Gasteiger charge is -2.10. The van der Waals surface area contributed by atoms with Gasteiger partial charge >= 0.3 is 0 Å². The van der Waals surface area contributed by atoms with Crippen LogP contribution >= 0.6 is 22.6 Å². The van der Waals surface area contributed by atoms with E-state index in [0.29, 0.717) is 0 Å². The van der Waals surface area contributed by atoms with Crippen LogP contribution < -0.4 is 5.32 Å². The van der Waals surface area contributed by atoms with E-state index in [0.717, 1.165) is 45.4 Å². The fraction of sp³-hybridized carbons (Fsp3) is 0.250. The molecule has 0 saturated heterocycles. The van der Waals surface area contributed by atoms with E-state index in [1.807, 2.05) is 29.2 Å². The van der Waals surface area contributed by atoms with Crippen molar-refractivity contribution in [2.75, 3.05) is 6.54 Å². The van der Waals surface area contributed by atoms with Crippen LogP contribution in [0, 0.1) is 3.57 Å². The molecule has 0 spiro atoms. The van der Waals surface area contributed by atoms with E-state index in [1.165, 1.54) is 0 Å². The van der Waals surface area contributed by atoms with Crippen molar-refractivity contribution in [1.82, 2.24) is 20.1 Å². The molecule has 3 aromatic rings. The van der Waals surface area contributed by atoms with Gasteiger partial charge in [-0.05, 0) is 47.7 Å². The van der Waals surface area contributed by atoms with E-state index in [2.05, 4.69) is 58.1 Å². The zero-order valence-corrected chi connectivity index (χ0v) is 14.0. The predicted octanol–water partition coefficient (Wildman–Crippen LogP) is 3.52. The number of fused-ring (bicyclic) bond motifs is 1. The van der Waals surface area contributed by atoms with E-state index >= 15 is 0 Å². The highest BCUT2D eigenvalue weighted by Gasteiger charge is 2.08. The fourth-order valence-corrected chi connectivity index (χ4v) is 2.70. The van der Waals surface area contributed by atoms with E-state index in [-0.39, 0.29) is 0 Å². The standard InChI is InChI=1S/C16H17IN4/c1-2-7-18-10-13-8-16(21-11-12(17)9-19-21)14-5-3-4-6-15(14)20-13/h3-6,8-9,11,18H,2,7,10H2,1H3. The van der Waals surface area contributed by atoms with Gasteiger partial charge in [-0.25, -0.2) is 4.68 Å². The van der Waals surface area contributed by atoms with Gasteiger partial charge in [0, 0.05) is 18.1 Å². The Kier molecular flexibility index (Phi) is 4.50. The molecule has 1 N–H and O–H groups in total. The van der Waals surface area contributed by atoms with Crippen LogP contribution in [0.5, 0.6) is 0 Å². The Labute approximate surface area is 137 Å². The quantitative estimate of drug-likeness (QED) is 0.534. The van der Waals surface area contributed by atoms with Crippen LogP contribution in [0.3, 0.4) is 0 Å². The average molecular weight is 392 g/mol. The molecule has 4 nitrogen and oxygen atoms in total. The second-order valence-electron chi connectivity index (χ2n) is 4.93. The molecule has 0 bridgehead atoms. The highest BCUT2D eigenvalue weighted by Crippen LogP contribution is 2.22. The second-order valence-corrected chi connectivity index (χ2v) is 6.18. The van der Waals surface area contributed by atoms with Crippen molar-refractivity contribution in [3.8, 4) is 5.69 Å². The minimum absolute atomic E-state index is 0.782. The average Bonchev–Trinajstić information content (AvgIpc) is 2.93. The first-order valence-corrected chi connectivity index (χ1v) is 8.15. The molecule has 0 radical (unpaired) electrons. The van der Waals surface area contributed by atoms with Gasteiger partial charge in [0.25, 0.3) is 0 Å². The molecule has 0 aliphatic heterocycles. The molecule has 2 aromatic heterocycles. The van der Waals surface area contributed by atoms with Crippen molar-refractivity contribution in [3.63, 3.8) is 0 Å². The van der Waals surface area contributed by atoms with Crippen molar-refractivity contribution >= 4 is 33.5 Å². The first kappa shape index (κ1) is 14.5. The molecular weight excluding hydrogens is 375 g/mol. The van der Waals surface area contributed by atoms with E-state index < -0.39 is 0 Å².